The van der Waals surface area contributed by atoms with Crippen LogP contribution in [0.3, 0.4) is 0 Å². The lowest BCUT2D eigenvalue weighted by molar-refractivity contribution is -0.135. The summed E-state index contributed by atoms with van der Waals surface area (Å²) in [6.45, 7) is 9.73. The monoisotopic (exact) mass is 319 g/mol. The van der Waals surface area contributed by atoms with E-state index in [0.717, 1.165) is 65.2 Å². The van der Waals surface area contributed by atoms with E-state index in [-0.39, 0.29) is 5.92 Å². The summed E-state index contributed by atoms with van der Waals surface area (Å²) in [6, 6.07) is 0. The Morgan fingerprint density at radius 3 is 2.83 bits per heavy atom. The van der Waals surface area contributed by atoms with E-state index in [4.69, 9.17) is 0 Å². The molecule has 1 aromatic heterocycles. The van der Waals surface area contributed by atoms with Gasteiger partial charge in [0.1, 0.15) is 0 Å². The lowest BCUT2D eigenvalue weighted by atomic mass is 10.1. The van der Waals surface area contributed by atoms with Crippen molar-refractivity contribution >= 4 is 5.91 Å². The second-order valence-electron chi connectivity index (χ2n) is 6.91. The molecule has 6 nitrogen and oxygen atoms in total. The number of hydrogen-bond acceptors (Lipinski definition) is 4. The Labute approximate surface area is 139 Å². The van der Waals surface area contributed by atoms with Gasteiger partial charge in [-0.05, 0) is 33.4 Å². The van der Waals surface area contributed by atoms with Crippen molar-refractivity contribution in [1.29, 1.82) is 0 Å². The molecule has 3 rings (SSSR count). The minimum atomic E-state index is 0.217. The van der Waals surface area contributed by atoms with Crippen molar-refractivity contribution in [2.24, 2.45) is 5.92 Å². The Morgan fingerprint density at radius 1 is 1.26 bits per heavy atom. The molecule has 2 saturated heterocycles. The number of amides is 1. The summed E-state index contributed by atoms with van der Waals surface area (Å²) in [5.41, 5.74) is 1.27. The highest BCUT2D eigenvalue weighted by molar-refractivity contribution is 5.79. The zero-order valence-corrected chi connectivity index (χ0v) is 14.4. The van der Waals surface area contributed by atoms with Gasteiger partial charge in [0, 0.05) is 57.6 Å². The molecule has 2 aliphatic rings. The minimum Gasteiger partial charge on any atom is -0.341 e. The van der Waals surface area contributed by atoms with Gasteiger partial charge in [-0.15, -0.1) is 0 Å². The summed E-state index contributed by atoms with van der Waals surface area (Å²) < 4.78 is 1.97. The van der Waals surface area contributed by atoms with Crippen LogP contribution in [0.1, 0.15) is 25.3 Å². The first-order valence-electron chi connectivity index (χ1n) is 8.86. The van der Waals surface area contributed by atoms with Crippen molar-refractivity contribution in [3.05, 3.63) is 18.0 Å². The van der Waals surface area contributed by atoms with E-state index >= 15 is 0 Å². The number of hydrogen-bond donors (Lipinski definition) is 0. The van der Waals surface area contributed by atoms with Gasteiger partial charge in [-0.2, -0.15) is 5.10 Å². The van der Waals surface area contributed by atoms with Crippen LogP contribution in [0.25, 0.3) is 0 Å². The van der Waals surface area contributed by atoms with E-state index in [9.17, 15) is 4.79 Å². The van der Waals surface area contributed by atoms with E-state index in [2.05, 4.69) is 40.0 Å². The van der Waals surface area contributed by atoms with Crippen molar-refractivity contribution in [3.63, 3.8) is 0 Å². The lowest BCUT2D eigenvalue weighted by Gasteiger charge is -2.24. The fourth-order valence-corrected chi connectivity index (χ4v) is 3.66. The summed E-state index contributed by atoms with van der Waals surface area (Å²) >= 11 is 0. The Hall–Kier alpha value is -1.40. The molecular weight excluding hydrogens is 290 g/mol. The zero-order valence-electron chi connectivity index (χ0n) is 14.4. The van der Waals surface area contributed by atoms with Gasteiger partial charge < -0.3 is 9.80 Å². The first-order valence-corrected chi connectivity index (χ1v) is 8.86. The third kappa shape index (κ3) is 4.12. The summed E-state index contributed by atoms with van der Waals surface area (Å²) in [5, 5.41) is 4.35. The first kappa shape index (κ1) is 16.5. The number of nitrogens with zero attached hydrogens (tertiary/aromatic N) is 5. The molecule has 0 aliphatic carbocycles. The van der Waals surface area contributed by atoms with Crippen molar-refractivity contribution in [2.75, 3.05) is 46.3 Å². The molecule has 0 bridgehead atoms. The summed E-state index contributed by atoms with van der Waals surface area (Å²) in [4.78, 5) is 19.5. The molecule has 128 valence electrons. The van der Waals surface area contributed by atoms with Gasteiger partial charge >= 0.3 is 0 Å². The number of rotatable bonds is 4. The van der Waals surface area contributed by atoms with E-state index in [1.54, 1.807) is 0 Å². The van der Waals surface area contributed by atoms with Gasteiger partial charge in [0.2, 0.25) is 5.91 Å². The molecule has 1 amide bonds. The fraction of sp³-hybridized carbons (Fsp3) is 0.765. The quantitative estimate of drug-likeness (QED) is 0.827. The maximum absolute atomic E-state index is 12.7. The summed E-state index contributed by atoms with van der Waals surface area (Å²) in [7, 11) is 2.11. The number of carbonyl (C=O) groups is 1. The maximum atomic E-state index is 12.7. The van der Waals surface area contributed by atoms with Crippen LogP contribution >= 0.6 is 0 Å². The first-order chi connectivity index (χ1) is 11.2. The summed E-state index contributed by atoms with van der Waals surface area (Å²) in [6.07, 6.45) is 6.18. The highest BCUT2D eigenvalue weighted by Crippen LogP contribution is 2.18. The minimum absolute atomic E-state index is 0.217. The largest absolute Gasteiger partial charge is 0.341 e. The van der Waals surface area contributed by atoms with E-state index in [0.29, 0.717) is 5.91 Å². The molecule has 6 heteroatoms. The highest BCUT2D eigenvalue weighted by Gasteiger charge is 2.30. The molecule has 2 aliphatic heterocycles. The Morgan fingerprint density at radius 2 is 2.13 bits per heavy atom. The van der Waals surface area contributed by atoms with Crippen LogP contribution in [0.5, 0.6) is 0 Å². The molecule has 0 unspecified atom stereocenters. The number of aryl methyl sites for hydroxylation is 1. The Kier molecular flexibility index (Phi) is 5.33. The molecule has 23 heavy (non-hydrogen) atoms. The maximum Gasteiger partial charge on any atom is 0.227 e. The molecule has 0 aromatic carbocycles. The zero-order chi connectivity index (χ0) is 16.2. The average Bonchev–Trinajstić information content (AvgIpc) is 3.11. The van der Waals surface area contributed by atoms with E-state index < -0.39 is 0 Å². The highest BCUT2D eigenvalue weighted by atomic mass is 16.2. The molecule has 0 N–H and O–H groups in total. The van der Waals surface area contributed by atoms with Crippen LogP contribution in [0.15, 0.2) is 12.4 Å². The molecule has 0 saturated carbocycles. The van der Waals surface area contributed by atoms with Crippen LogP contribution in [0, 0.1) is 5.92 Å². The lowest BCUT2D eigenvalue weighted by Crippen LogP contribution is -2.39. The van der Waals surface area contributed by atoms with Crippen molar-refractivity contribution in [2.45, 2.75) is 32.9 Å². The average molecular weight is 319 g/mol. The van der Waals surface area contributed by atoms with Gasteiger partial charge in [-0.1, -0.05) is 0 Å². The van der Waals surface area contributed by atoms with Crippen molar-refractivity contribution in [3.8, 4) is 0 Å². The predicted molar refractivity (Wildman–Crippen MR) is 90.0 cm³/mol. The standard InChI is InChI=1S/C17H29N5O/c1-3-22-13-15(11-18-22)12-20-6-4-7-21(10-9-20)17(23)16-5-8-19(2)14-16/h11,13,16H,3-10,12,14H2,1-2H3/t16-/m0/s1. The topological polar surface area (TPSA) is 44.6 Å². The molecule has 2 fully saturated rings. The third-order valence-electron chi connectivity index (χ3n) is 5.06. The molecule has 1 atom stereocenters. The van der Waals surface area contributed by atoms with E-state index in [1.165, 1.54) is 5.56 Å². The molecule has 0 radical (unpaired) electrons. The van der Waals surface area contributed by atoms with Crippen LogP contribution in [-0.4, -0.2) is 76.7 Å². The second-order valence-corrected chi connectivity index (χ2v) is 6.91. The van der Waals surface area contributed by atoms with Gasteiger partial charge in [0.15, 0.2) is 0 Å². The van der Waals surface area contributed by atoms with Crippen LogP contribution in [0.2, 0.25) is 0 Å². The van der Waals surface area contributed by atoms with Gasteiger partial charge in [0.25, 0.3) is 0 Å². The number of likely N-dealkylation sites (tertiary alicyclic amines) is 1. The normalized spacial score (nSPS) is 24.1. The summed E-state index contributed by atoms with van der Waals surface area (Å²) in [5.74, 6) is 0.587. The Balaban J connectivity index is 1.51. The van der Waals surface area contributed by atoms with E-state index in [1.807, 2.05) is 10.9 Å². The van der Waals surface area contributed by atoms with Gasteiger partial charge in [0.05, 0.1) is 12.1 Å². The van der Waals surface area contributed by atoms with Crippen molar-refractivity contribution < 1.29 is 4.79 Å². The smallest absolute Gasteiger partial charge is 0.227 e. The van der Waals surface area contributed by atoms with Crippen LogP contribution in [-0.2, 0) is 17.9 Å². The molecular formula is C17H29N5O. The molecule has 1 aromatic rings. The van der Waals surface area contributed by atoms with Gasteiger partial charge in [-0.3, -0.25) is 14.4 Å². The third-order valence-corrected chi connectivity index (χ3v) is 5.06. The second kappa shape index (κ2) is 7.45. The SMILES string of the molecule is CCn1cc(CN2CCCN(C(=O)[C@H]3CCN(C)C3)CC2)cn1. The van der Waals surface area contributed by atoms with Gasteiger partial charge in [-0.25, -0.2) is 0 Å². The Bertz CT molecular complexity index is 529. The molecule has 3 heterocycles. The van der Waals surface area contributed by atoms with Crippen molar-refractivity contribution in [1.82, 2.24) is 24.5 Å². The number of carbonyl (C=O) groups excluding carboxylic acids is 1. The predicted octanol–water partition coefficient (Wildman–Crippen LogP) is 0.889. The van der Waals surface area contributed by atoms with Crippen LogP contribution in [0.4, 0.5) is 0 Å². The van der Waals surface area contributed by atoms with Crippen LogP contribution < -0.4 is 0 Å². The fourth-order valence-electron chi connectivity index (χ4n) is 3.66. The number of aromatic nitrogens is 2. The molecule has 0 spiro atoms.